The summed E-state index contributed by atoms with van der Waals surface area (Å²) >= 11 is 0. The van der Waals surface area contributed by atoms with Gasteiger partial charge < -0.3 is 10.2 Å². The molecule has 1 N–H and O–H groups in total. The van der Waals surface area contributed by atoms with E-state index in [2.05, 4.69) is 10.4 Å². The molecule has 7 nitrogen and oxygen atoms in total. The summed E-state index contributed by atoms with van der Waals surface area (Å²) in [4.78, 5) is 39.9. The van der Waals surface area contributed by atoms with E-state index in [0.29, 0.717) is 19.4 Å². The van der Waals surface area contributed by atoms with Crippen molar-refractivity contribution in [1.82, 2.24) is 20.0 Å². The summed E-state index contributed by atoms with van der Waals surface area (Å²) in [6, 6.07) is 5.71. The van der Waals surface area contributed by atoms with Crippen LogP contribution in [0.2, 0.25) is 0 Å². The topological polar surface area (TPSA) is 84.3 Å². The van der Waals surface area contributed by atoms with Gasteiger partial charge in [0, 0.05) is 30.9 Å². The summed E-state index contributed by atoms with van der Waals surface area (Å²) in [5, 5.41) is 6.94. The van der Waals surface area contributed by atoms with Gasteiger partial charge in [-0.1, -0.05) is 25.5 Å². The number of benzene rings is 1. The molecule has 2 aromatic rings. The van der Waals surface area contributed by atoms with Gasteiger partial charge in [-0.15, -0.1) is 0 Å². The second-order valence-corrected chi connectivity index (χ2v) is 8.65. The standard InChI is InChI=1S/C24H29F3N4O3/c1-4-5-12-28-22(33)17-11-10-15(2)30(14-17)23(34)21-20(32)13-16(3)31(29-21)19-9-7-6-8-18(19)24(25,26)27/h6-9,13,15,17H,4-5,10-12,14H2,1-3H3,(H,28,33)/t15-,17+/m1/s1. The van der Waals surface area contributed by atoms with E-state index in [0.717, 1.165) is 29.7 Å². The lowest BCUT2D eigenvalue weighted by Gasteiger charge is -2.37. The van der Waals surface area contributed by atoms with Crippen molar-refractivity contribution in [3.05, 3.63) is 57.5 Å². The zero-order valence-corrected chi connectivity index (χ0v) is 19.5. The molecule has 0 bridgehead atoms. The SMILES string of the molecule is CCCCNC(=O)[C@H]1CC[C@@H](C)N(C(=O)c2nn(-c3ccccc3C(F)(F)F)c(C)cc2=O)C1. The van der Waals surface area contributed by atoms with Gasteiger partial charge in [0.1, 0.15) is 0 Å². The Bertz CT molecular complexity index is 1110. The van der Waals surface area contributed by atoms with Crippen LogP contribution in [0.3, 0.4) is 0 Å². The number of hydrogen-bond donors (Lipinski definition) is 1. The molecule has 1 fully saturated rings. The first-order valence-electron chi connectivity index (χ1n) is 11.4. The van der Waals surface area contributed by atoms with E-state index >= 15 is 0 Å². The molecule has 1 aromatic carbocycles. The second-order valence-electron chi connectivity index (χ2n) is 8.65. The Balaban J connectivity index is 1.94. The number of amides is 2. The predicted molar refractivity (Wildman–Crippen MR) is 121 cm³/mol. The van der Waals surface area contributed by atoms with E-state index in [9.17, 15) is 27.6 Å². The number of rotatable bonds is 6. The third-order valence-corrected chi connectivity index (χ3v) is 6.09. The van der Waals surface area contributed by atoms with Crippen molar-refractivity contribution in [1.29, 1.82) is 0 Å². The number of carbonyl (C=O) groups excluding carboxylic acids is 2. The zero-order valence-electron chi connectivity index (χ0n) is 19.5. The molecule has 1 aromatic heterocycles. The number of unbranched alkanes of at least 4 members (excludes halogenated alkanes) is 1. The number of hydrogen-bond acceptors (Lipinski definition) is 4. The summed E-state index contributed by atoms with van der Waals surface area (Å²) in [7, 11) is 0. The smallest absolute Gasteiger partial charge is 0.356 e. The molecule has 1 aliphatic rings. The summed E-state index contributed by atoms with van der Waals surface area (Å²) in [6.45, 7) is 5.96. The predicted octanol–water partition coefficient (Wildman–Crippen LogP) is 3.72. The highest BCUT2D eigenvalue weighted by Crippen LogP contribution is 2.33. The molecule has 2 heterocycles. The lowest BCUT2D eigenvalue weighted by atomic mass is 9.92. The highest BCUT2D eigenvalue weighted by Gasteiger charge is 2.36. The van der Waals surface area contributed by atoms with Gasteiger partial charge in [-0.25, -0.2) is 4.68 Å². The fraction of sp³-hybridized carbons (Fsp3) is 0.500. The van der Waals surface area contributed by atoms with Gasteiger partial charge in [0.15, 0.2) is 5.69 Å². The van der Waals surface area contributed by atoms with Crippen molar-refractivity contribution < 1.29 is 22.8 Å². The van der Waals surface area contributed by atoms with Crippen LogP contribution in [0.25, 0.3) is 5.69 Å². The van der Waals surface area contributed by atoms with Crippen LogP contribution in [-0.4, -0.2) is 45.6 Å². The van der Waals surface area contributed by atoms with Crippen LogP contribution in [0, 0.1) is 12.8 Å². The summed E-state index contributed by atoms with van der Waals surface area (Å²) in [5.74, 6) is -1.26. The largest absolute Gasteiger partial charge is 0.418 e. The van der Waals surface area contributed by atoms with Crippen LogP contribution in [-0.2, 0) is 11.0 Å². The van der Waals surface area contributed by atoms with Crippen molar-refractivity contribution in [3.8, 4) is 5.69 Å². The van der Waals surface area contributed by atoms with Crippen LogP contribution >= 0.6 is 0 Å². The molecule has 184 valence electrons. The number of halogens is 3. The molecule has 0 unspecified atom stereocenters. The molecule has 0 aliphatic carbocycles. The third-order valence-electron chi connectivity index (χ3n) is 6.09. The molecule has 3 rings (SSSR count). The van der Waals surface area contributed by atoms with Gasteiger partial charge in [-0.3, -0.25) is 14.4 Å². The van der Waals surface area contributed by atoms with Crippen LogP contribution in [0.15, 0.2) is 35.1 Å². The molecule has 10 heteroatoms. The number of nitrogens with zero attached hydrogens (tertiary/aromatic N) is 3. The number of aromatic nitrogens is 2. The van der Waals surface area contributed by atoms with Gasteiger partial charge in [0.05, 0.1) is 17.2 Å². The van der Waals surface area contributed by atoms with Crippen molar-refractivity contribution >= 4 is 11.8 Å². The average Bonchev–Trinajstić information content (AvgIpc) is 2.78. The number of aryl methyl sites for hydroxylation is 1. The van der Waals surface area contributed by atoms with Crippen LogP contribution < -0.4 is 10.7 Å². The van der Waals surface area contributed by atoms with E-state index < -0.39 is 34.7 Å². The van der Waals surface area contributed by atoms with Crippen LogP contribution in [0.5, 0.6) is 0 Å². The monoisotopic (exact) mass is 478 g/mol. The fourth-order valence-corrected chi connectivity index (χ4v) is 4.11. The molecule has 2 atom stereocenters. The highest BCUT2D eigenvalue weighted by molar-refractivity contribution is 5.93. The summed E-state index contributed by atoms with van der Waals surface area (Å²) in [5.41, 5.74) is -2.19. The maximum atomic E-state index is 13.6. The Morgan fingerprint density at radius 3 is 2.59 bits per heavy atom. The quantitative estimate of drug-likeness (QED) is 0.642. The van der Waals surface area contributed by atoms with E-state index in [1.54, 1.807) is 0 Å². The number of alkyl halides is 3. The molecule has 0 spiro atoms. The van der Waals surface area contributed by atoms with Crippen molar-refractivity contribution in [3.63, 3.8) is 0 Å². The molecule has 1 saturated heterocycles. The molecule has 2 amide bonds. The van der Waals surface area contributed by atoms with Gasteiger partial charge in [0.25, 0.3) is 5.91 Å². The Morgan fingerprint density at radius 2 is 1.91 bits per heavy atom. The minimum Gasteiger partial charge on any atom is -0.356 e. The van der Waals surface area contributed by atoms with E-state index in [4.69, 9.17) is 0 Å². The highest BCUT2D eigenvalue weighted by atomic mass is 19.4. The van der Waals surface area contributed by atoms with E-state index in [1.807, 2.05) is 13.8 Å². The second kappa shape index (κ2) is 10.4. The first kappa shape index (κ1) is 25.5. The van der Waals surface area contributed by atoms with Gasteiger partial charge in [-0.2, -0.15) is 18.3 Å². The van der Waals surface area contributed by atoms with Crippen molar-refractivity contribution in [2.24, 2.45) is 5.92 Å². The zero-order chi connectivity index (χ0) is 25.0. The fourth-order valence-electron chi connectivity index (χ4n) is 4.11. The van der Waals surface area contributed by atoms with Crippen molar-refractivity contribution in [2.45, 2.75) is 58.7 Å². The molecule has 1 aliphatic heterocycles. The van der Waals surface area contributed by atoms with Gasteiger partial charge in [0.2, 0.25) is 11.3 Å². The van der Waals surface area contributed by atoms with Crippen molar-refractivity contribution in [2.75, 3.05) is 13.1 Å². The number of carbonyl (C=O) groups is 2. The third kappa shape index (κ3) is 5.48. The summed E-state index contributed by atoms with van der Waals surface area (Å²) < 4.78 is 41.7. The molecular weight excluding hydrogens is 449 g/mol. The Morgan fingerprint density at radius 1 is 1.21 bits per heavy atom. The maximum Gasteiger partial charge on any atom is 0.418 e. The lowest BCUT2D eigenvalue weighted by molar-refractivity contribution is -0.137. The Kier molecular flexibility index (Phi) is 7.78. The summed E-state index contributed by atoms with van der Waals surface area (Å²) in [6.07, 6.45) is -1.68. The molecule has 0 radical (unpaired) electrons. The minimum atomic E-state index is -4.64. The van der Waals surface area contributed by atoms with Gasteiger partial charge in [-0.05, 0) is 45.2 Å². The number of piperidine rings is 1. The van der Waals surface area contributed by atoms with E-state index in [1.165, 1.54) is 30.0 Å². The Labute approximate surface area is 196 Å². The molecular formula is C24H29F3N4O3. The lowest BCUT2D eigenvalue weighted by Crippen LogP contribution is -2.50. The number of para-hydroxylation sites is 1. The minimum absolute atomic E-state index is 0.117. The molecule has 34 heavy (non-hydrogen) atoms. The Hall–Kier alpha value is -3.17. The average molecular weight is 479 g/mol. The van der Waals surface area contributed by atoms with E-state index in [-0.39, 0.29) is 29.9 Å². The number of likely N-dealkylation sites (tertiary alicyclic amines) is 1. The maximum absolute atomic E-state index is 13.6. The van der Waals surface area contributed by atoms with Gasteiger partial charge >= 0.3 is 6.18 Å². The first-order valence-corrected chi connectivity index (χ1v) is 11.4. The normalized spacial score (nSPS) is 18.6. The number of nitrogens with one attached hydrogen (secondary N) is 1. The van der Waals surface area contributed by atoms with Crippen LogP contribution in [0.4, 0.5) is 13.2 Å². The molecule has 0 saturated carbocycles. The first-order chi connectivity index (χ1) is 16.0. The van der Waals surface area contributed by atoms with Crippen LogP contribution in [0.1, 0.15) is 61.3 Å².